The summed E-state index contributed by atoms with van der Waals surface area (Å²) in [6.45, 7) is 4.21. The maximum atomic E-state index is 12.6. The highest BCUT2D eigenvalue weighted by molar-refractivity contribution is 7.11. The number of rotatable bonds is 4. The van der Waals surface area contributed by atoms with E-state index in [9.17, 15) is 4.79 Å². The molecule has 0 saturated carbocycles. The van der Waals surface area contributed by atoms with Crippen LogP contribution in [-0.2, 0) is 16.1 Å². The zero-order chi connectivity index (χ0) is 13.9. The fourth-order valence-electron chi connectivity index (χ4n) is 2.46. The Hall–Kier alpha value is -0.400. The highest BCUT2D eigenvalue weighted by atomic mass is 35.5. The molecule has 0 bridgehead atoms. The molecule has 5 nitrogen and oxygen atoms in total. The number of amides is 1. The summed E-state index contributed by atoms with van der Waals surface area (Å²) in [6, 6.07) is 0. The Kier molecular flexibility index (Phi) is 8.73. The molecule has 1 aliphatic heterocycles. The van der Waals surface area contributed by atoms with Gasteiger partial charge in [-0.05, 0) is 19.8 Å². The first-order valence-electron chi connectivity index (χ1n) is 6.52. The summed E-state index contributed by atoms with van der Waals surface area (Å²) in [4.78, 5) is 19.7. The molecular formula is C13H23Cl2N3O2S. The molecule has 1 saturated heterocycles. The molecular weight excluding hydrogens is 333 g/mol. The Bertz CT molecular complexity index is 450. The highest BCUT2D eigenvalue weighted by Gasteiger charge is 2.40. The minimum atomic E-state index is -0.438. The van der Waals surface area contributed by atoms with Gasteiger partial charge in [-0.15, -0.1) is 36.2 Å². The number of aryl methyl sites for hydroxylation is 1. The Morgan fingerprint density at radius 2 is 2.10 bits per heavy atom. The van der Waals surface area contributed by atoms with Gasteiger partial charge >= 0.3 is 0 Å². The SMILES string of the molecule is Cc1ncc(CN(C)C(=O)C2(CN)CCOCC2)s1.Cl.Cl. The Morgan fingerprint density at radius 1 is 1.48 bits per heavy atom. The summed E-state index contributed by atoms with van der Waals surface area (Å²) in [5.74, 6) is 0.129. The van der Waals surface area contributed by atoms with Crippen LogP contribution in [0.4, 0.5) is 0 Å². The molecule has 0 aliphatic carbocycles. The van der Waals surface area contributed by atoms with Gasteiger partial charge in [-0.3, -0.25) is 4.79 Å². The van der Waals surface area contributed by atoms with Crippen LogP contribution >= 0.6 is 36.2 Å². The normalized spacial score (nSPS) is 16.5. The van der Waals surface area contributed by atoms with E-state index in [1.165, 1.54) is 0 Å². The molecule has 0 aromatic carbocycles. The first kappa shape index (κ1) is 20.6. The number of hydrogen-bond donors (Lipinski definition) is 1. The standard InChI is InChI=1S/C13H21N3O2S.2ClH/c1-10-15-7-11(19-10)8-16(2)12(17)13(9-14)3-5-18-6-4-13;;/h7H,3-6,8-9,14H2,1-2H3;2*1H. The molecule has 1 aliphatic rings. The Morgan fingerprint density at radius 3 is 2.57 bits per heavy atom. The molecule has 1 aromatic heterocycles. The third-order valence-electron chi connectivity index (χ3n) is 3.70. The van der Waals surface area contributed by atoms with Gasteiger partial charge in [0, 0.05) is 37.9 Å². The lowest BCUT2D eigenvalue weighted by Gasteiger charge is -2.37. The largest absolute Gasteiger partial charge is 0.381 e. The van der Waals surface area contributed by atoms with Gasteiger partial charge in [0.25, 0.3) is 0 Å². The number of carbonyl (C=O) groups excluding carboxylic acids is 1. The molecule has 0 radical (unpaired) electrons. The van der Waals surface area contributed by atoms with Crippen LogP contribution in [0, 0.1) is 12.3 Å². The number of nitrogens with two attached hydrogens (primary N) is 1. The number of aromatic nitrogens is 1. The second-order valence-corrected chi connectivity index (χ2v) is 6.42. The van der Waals surface area contributed by atoms with Crippen molar-refractivity contribution in [1.29, 1.82) is 0 Å². The van der Waals surface area contributed by atoms with Crippen LogP contribution < -0.4 is 5.73 Å². The first-order chi connectivity index (χ1) is 9.07. The van der Waals surface area contributed by atoms with Crippen LogP contribution in [0.15, 0.2) is 6.20 Å². The van der Waals surface area contributed by atoms with Crippen LogP contribution in [-0.4, -0.2) is 42.6 Å². The fraction of sp³-hybridized carbons (Fsp3) is 0.692. The van der Waals surface area contributed by atoms with E-state index in [-0.39, 0.29) is 30.7 Å². The number of hydrogen-bond acceptors (Lipinski definition) is 5. The van der Waals surface area contributed by atoms with E-state index in [1.807, 2.05) is 20.2 Å². The summed E-state index contributed by atoms with van der Waals surface area (Å²) in [7, 11) is 1.84. The van der Waals surface area contributed by atoms with E-state index in [0.717, 1.165) is 9.88 Å². The minimum Gasteiger partial charge on any atom is -0.381 e. The quantitative estimate of drug-likeness (QED) is 0.896. The lowest BCUT2D eigenvalue weighted by molar-refractivity contribution is -0.146. The number of carbonyl (C=O) groups is 1. The minimum absolute atomic E-state index is 0. The topological polar surface area (TPSA) is 68.5 Å². The molecule has 8 heteroatoms. The summed E-state index contributed by atoms with van der Waals surface area (Å²) in [5, 5.41) is 1.02. The number of nitrogens with zero attached hydrogens (tertiary/aromatic N) is 2. The zero-order valence-electron chi connectivity index (χ0n) is 12.3. The highest BCUT2D eigenvalue weighted by Crippen LogP contribution is 2.32. The summed E-state index contributed by atoms with van der Waals surface area (Å²) in [5.41, 5.74) is 5.42. The average molecular weight is 356 g/mol. The predicted molar refractivity (Wildman–Crippen MR) is 89.4 cm³/mol. The molecule has 2 N–H and O–H groups in total. The van der Waals surface area contributed by atoms with Crippen LogP contribution in [0.2, 0.25) is 0 Å². The van der Waals surface area contributed by atoms with Crippen molar-refractivity contribution >= 4 is 42.1 Å². The molecule has 122 valence electrons. The maximum absolute atomic E-state index is 12.6. The van der Waals surface area contributed by atoms with Crippen molar-refractivity contribution in [2.24, 2.45) is 11.1 Å². The smallest absolute Gasteiger partial charge is 0.230 e. The third-order valence-corrected chi connectivity index (χ3v) is 4.60. The van der Waals surface area contributed by atoms with Gasteiger partial charge in [0.1, 0.15) is 0 Å². The van der Waals surface area contributed by atoms with Gasteiger partial charge in [0.05, 0.1) is 17.0 Å². The average Bonchev–Trinajstić information content (AvgIpc) is 2.84. The Balaban J connectivity index is 0.00000200. The lowest BCUT2D eigenvalue weighted by Crippen LogP contribution is -2.49. The fourth-order valence-corrected chi connectivity index (χ4v) is 3.30. The van der Waals surface area contributed by atoms with E-state index >= 15 is 0 Å². The van der Waals surface area contributed by atoms with Gasteiger partial charge in [-0.1, -0.05) is 0 Å². The van der Waals surface area contributed by atoms with Gasteiger partial charge in [-0.2, -0.15) is 0 Å². The van der Waals surface area contributed by atoms with Gasteiger partial charge in [-0.25, -0.2) is 4.98 Å². The second kappa shape index (κ2) is 8.90. The second-order valence-electron chi connectivity index (χ2n) is 5.10. The van der Waals surface area contributed by atoms with E-state index in [0.29, 0.717) is 39.1 Å². The molecule has 0 atom stereocenters. The van der Waals surface area contributed by atoms with Crippen LogP contribution in [0.5, 0.6) is 0 Å². The lowest BCUT2D eigenvalue weighted by atomic mass is 9.79. The molecule has 0 unspecified atom stereocenters. The van der Waals surface area contributed by atoms with Crippen molar-refractivity contribution in [3.05, 3.63) is 16.1 Å². The maximum Gasteiger partial charge on any atom is 0.230 e. The summed E-state index contributed by atoms with van der Waals surface area (Å²) in [6.07, 6.45) is 3.27. The molecule has 1 amide bonds. The van der Waals surface area contributed by atoms with Gasteiger partial charge < -0.3 is 15.4 Å². The van der Waals surface area contributed by atoms with Crippen LogP contribution in [0.25, 0.3) is 0 Å². The van der Waals surface area contributed by atoms with E-state index in [2.05, 4.69) is 4.98 Å². The molecule has 21 heavy (non-hydrogen) atoms. The van der Waals surface area contributed by atoms with Crippen molar-refractivity contribution in [2.75, 3.05) is 26.8 Å². The molecule has 0 spiro atoms. The van der Waals surface area contributed by atoms with Crippen molar-refractivity contribution < 1.29 is 9.53 Å². The monoisotopic (exact) mass is 355 g/mol. The molecule has 2 rings (SSSR count). The first-order valence-corrected chi connectivity index (χ1v) is 7.34. The van der Waals surface area contributed by atoms with Gasteiger partial charge in [0.2, 0.25) is 5.91 Å². The number of thiazole rings is 1. The number of halogens is 2. The summed E-state index contributed by atoms with van der Waals surface area (Å²) >= 11 is 1.63. The third kappa shape index (κ3) is 4.79. The van der Waals surface area contributed by atoms with Crippen molar-refractivity contribution in [1.82, 2.24) is 9.88 Å². The molecule has 1 aromatic rings. The van der Waals surface area contributed by atoms with E-state index in [1.54, 1.807) is 16.2 Å². The van der Waals surface area contributed by atoms with Crippen molar-refractivity contribution in [3.8, 4) is 0 Å². The molecule has 1 fully saturated rings. The predicted octanol–water partition coefficient (Wildman–Crippen LogP) is 2.01. The number of ether oxygens (including phenoxy) is 1. The van der Waals surface area contributed by atoms with Gasteiger partial charge in [0.15, 0.2) is 0 Å². The van der Waals surface area contributed by atoms with Crippen molar-refractivity contribution in [2.45, 2.75) is 26.3 Å². The summed E-state index contributed by atoms with van der Waals surface area (Å²) < 4.78 is 5.34. The zero-order valence-corrected chi connectivity index (χ0v) is 14.8. The van der Waals surface area contributed by atoms with Crippen molar-refractivity contribution in [3.63, 3.8) is 0 Å². The van der Waals surface area contributed by atoms with E-state index in [4.69, 9.17) is 10.5 Å². The Labute approximate surface area is 142 Å². The van der Waals surface area contributed by atoms with Crippen LogP contribution in [0.1, 0.15) is 22.7 Å². The van der Waals surface area contributed by atoms with E-state index < -0.39 is 5.41 Å². The molecule has 2 heterocycles. The van der Waals surface area contributed by atoms with Crippen LogP contribution in [0.3, 0.4) is 0 Å².